The number of halogens is 2. The van der Waals surface area contributed by atoms with Crippen LogP contribution < -0.4 is 24.4 Å². The molecule has 0 radical (unpaired) electrons. The van der Waals surface area contributed by atoms with Gasteiger partial charge in [-0.3, -0.25) is 9.36 Å². The van der Waals surface area contributed by atoms with Gasteiger partial charge in [0.2, 0.25) is 0 Å². The summed E-state index contributed by atoms with van der Waals surface area (Å²) in [6.07, 6.45) is 1.74. The summed E-state index contributed by atoms with van der Waals surface area (Å²) in [7, 11) is 1.53. The van der Waals surface area contributed by atoms with Crippen molar-refractivity contribution in [2.24, 2.45) is 4.99 Å². The summed E-state index contributed by atoms with van der Waals surface area (Å²) in [5.41, 5.74) is 1.72. The van der Waals surface area contributed by atoms with Crippen molar-refractivity contribution in [3.05, 3.63) is 88.0 Å². The fraction of sp³-hybridized carbons (Fsp3) is 0.296. The van der Waals surface area contributed by atoms with E-state index in [0.717, 1.165) is 10.0 Å². The second-order valence-corrected chi connectivity index (χ2v) is 10.9. The van der Waals surface area contributed by atoms with Gasteiger partial charge in [0.1, 0.15) is 17.5 Å². The smallest absolute Gasteiger partial charge is 0.338 e. The topological polar surface area (TPSA) is 79.1 Å². The van der Waals surface area contributed by atoms with Crippen LogP contribution >= 0.6 is 38.9 Å². The Hall–Kier alpha value is -2.88. The van der Waals surface area contributed by atoms with Gasteiger partial charge >= 0.3 is 5.97 Å². The van der Waals surface area contributed by atoms with Crippen LogP contribution in [0.1, 0.15) is 44.9 Å². The van der Waals surface area contributed by atoms with Crippen LogP contribution in [0.3, 0.4) is 0 Å². The molecule has 0 saturated heterocycles. The van der Waals surface area contributed by atoms with Crippen LogP contribution in [0.25, 0.3) is 6.08 Å². The first-order valence-electron chi connectivity index (χ1n) is 11.6. The molecule has 0 unspecified atom stereocenters. The zero-order chi connectivity index (χ0) is 26.9. The van der Waals surface area contributed by atoms with E-state index in [1.807, 2.05) is 32.0 Å². The molecule has 10 heteroatoms. The highest BCUT2D eigenvalue weighted by molar-refractivity contribution is 9.10. The van der Waals surface area contributed by atoms with E-state index in [-0.39, 0.29) is 23.8 Å². The number of fused-ring (bicyclic) bond motifs is 1. The third-order valence-electron chi connectivity index (χ3n) is 5.62. The third-order valence-corrected chi connectivity index (χ3v) is 7.34. The molecule has 1 aliphatic rings. The molecule has 2 aromatic carbocycles. The van der Waals surface area contributed by atoms with Crippen molar-refractivity contribution in [2.45, 2.75) is 39.8 Å². The van der Waals surface area contributed by atoms with Crippen molar-refractivity contribution in [3.8, 4) is 11.5 Å². The van der Waals surface area contributed by atoms with Gasteiger partial charge in [-0.2, -0.15) is 0 Å². The van der Waals surface area contributed by atoms with E-state index in [2.05, 4.69) is 20.9 Å². The normalized spacial score (nSPS) is 15.5. The molecular formula is C27H26BrClN2O5S. The average molecular weight is 606 g/mol. The maximum absolute atomic E-state index is 13.9. The number of hydrogen-bond donors (Lipinski definition) is 0. The largest absolute Gasteiger partial charge is 0.496 e. The Bertz CT molecular complexity index is 1570. The molecule has 3 aromatic rings. The van der Waals surface area contributed by atoms with Crippen LogP contribution in [0.2, 0.25) is 5.02 Å². The number of esters is 1. The Morgan fingerprint density at radius 3 is 2.65 bits per heavy atom. The van der Waals surface area contributed by atoms with E-state index in [0.29, 0.717) is 37.1 Å². The summed E-state index contributed by atoms with van der Waals surface area (Å²) >= 11 is 11.1. The van der Waals surface area contributed by atoms with Crippen LogP contribution in [0, 0.1) is 0 Å². The fourth-order valence-electron chi connectivity index (χ4n) is 4.14. The minimum atomic E-state index is -0.833. The predicted octanol–water partition coefficient (Wildman–Crippen LogP) is 5.01. The van der Waals surface area contributed by atoms with Gasteiger partial charge < -0.3 is 14.2 Å². The van der Waals surface area contributed by atoms with E-state index in [4.69, 9.17) is 25.8 Å². The first-order valence-corrected chi connectivity index (χ1v) is 13.6. The van der Waals surface area contributed by atoms with Crippen molar-refractivity contribution in [1.82, 2.24) is 4.57 Å². The molecule has 1 atom stereocenters. The summed E-state index contributed by atoms with van der Waals surface area (Å²) in [6, 6.07) is 9.90. The molecule has 0 fully saturated rings. The number of aromatic nitrogens is 1. The summed E-state index contributed by atoms with van der Waals surface area (Å²) < 4.78 is 19.7. The number of carbonyl (C=O) groups is 1. The Morgan fingerprint density at radius 1 is 1.24 bits per heavy atom. The second kappa shape index (κ2) is 11.2. The lowest BCUT2D eigenvalue weighted by molar-refractivity contribution is -0.139. The molecule has 0 saturated carbocycles. The quantitative estimate of drug-likeness (QED) is 0.354. The van der Waals surface area contributed by atoms with Gasteiger partial charge in [0.15, 0.2) is 4.80 Å². The van der Waals surface area contributed by atoms with Gasteiger partial charge in [0, 0.05) is 20.6 Å². The SMILES string of the molecule is CCOC(=O)C1=C(C)N=c2s/c(=C\c3cc(Br)ccc3OC(C)C)c(=O)n2[C@H]1c1cc(Cl)ccc1OC. The van der Waals surface area contributed by atoms with E-state index in [9.17, 15) is 9.59 Å². The first-order chi connectivity index (χ1) is 17.6. The molecule has 1 aromatic heterocycles. The van der Waals surface area contributed by atoms with Gasteiger partial charge in [0.05, 0.1) is 35.6 Å². The van der Waals surface area contributed by atoms with Gasteiger partial charge in [0.25, 0.3) is 5.56 Å². The standard InChI is InChI=1S/C27H26BrClN2O5S/c1-6-35-26(33)23-15(4)30-27-31(24(23)19-13-18(29)8-10-21(19)34-5)25(32)22(37-27)12-16-11-17(28)7-9-20(16)36-14(2)3/h7-14,24H,6H2,1-5H3/b22-12-/t24-/m0/s1. The molecule has 4 rings (SSSR count). The summed E-state index contributed by atoms with van der Waals surface area (Å²) in [5, 5.41) is 0.445. The van der Waals surface area contributed by atoms with E-state index in [1.54, 1.807) is 38.1 Å². The van der Waals surface area contributed by atoms with Crippen molar-refractivity contribution >= 4 is 50.9 Å². The molecule has 0 aliphatic carbocycles. The Kier molecular flexibility index (Phi) is 8.26. The number of thiazole rings is 1. The number of benzene rings is 2. The Balaban J connectivity index is 2.01. The number of carbonyl (C=O) groups excluding carboxylic acids is 1. The predicted molar refractivity (Wildman–Crippen MR) is 148 cm³/mol. The molecule has 1 aliphatic heterocycles. The van der Waals surface area contributed by atoms with Crippen molar-refractivity contribution in [2.75, 3.05) is 13.7 Å². The van der Waals surface area contributed by atoms with Gasteiger partial charge in [-0.05, 0) is 70.2 Å². The van der Waals surface area contributed by atoms with Crippen molar-refractivity contribution in [3.63, 3.8) is 0 Å². The lowest BCUT2D eigenvalue weighted by Gasteiger charge is -2.26. The molecule has 7 nitrogen and oxygen atoms in total. The number of hydrogen-bond acceptors (Lipinski definition) is 7. The fourth-order valence-corrected chi connectivity index (χ4v) is 5.74. The van der Waals surface area contributed by atoms with E-state index < -0.39 is 12.0 Å². The van der Waals surface area contributed by atoms with Crippen LogP contribution in [0.5, 0.6) is 11.5 Å². The minimum absolute atomic E-state index is 0.0420. The molecular weight excluding hydrogens is 580 g/mol. The minimum Gasteiger partial charge on any atom is -0.496 e. The maximum Gasteiger partial charge on any atom is 0.338 e. The number of allylic oxidation sites excluding steroid dienone is 1. The number of nitrogens with zero attached hydrogens (tertiary/aromatic N) is 2. The van der Waals surface area contributed by atoms with E-state index >= 15 is 0 Å². The van der Waals surface area contributed by atoms with Crippen LogP contribution in [-0.4, -0.2) is 30.4 Å². The lowest BCUT2D eigenvalue weighted by Crippen LogP contribution is -2.40. The summed E-state index contributed by atoms with van der Waals surface area (Å²) in [4.78, 5) is 32.1. The summed E-state index contributed by atoms with van der Waals surface area (Å²) in [6.45, 7) is 7.53. The molecule has 0 N–H and O–H groups in total. The molecule has 194 valence electrons. The van der Waals surface area contributed by atoms with Crippen molar-refractivity contribution < 1.29 is 19.0 Å². The maximum atomic E-state index is 13.9. The van der Waals surface area contributed by atoms with E-state index in [1.165, 1.54) is 23.0 Å². The highest BCUT2D eigenvalue weighted by Gasteiger charge is 2.35. The zero-order valence-electron chi connectivity index (χ0n) is 21.0. The summed E-state index contributed by atoms with van der Waals surface area (Å²) in [5.74, 6) is 0.588. The Morgan fingerprint density at radius 2 is 1.97 bits per heavy atom. The molecule has 37 heavy (non-hydrogen) atoms. The lowest BCUT2D eigenvalue weighted by atomic mass is 9.95. The third kappa shape index (κ3) is 5.54. The van der Waals surface area contributed by atoms with Crippen LogP contribution in [0.15, 0.2) is 61.9 Å². The molecule has 0 bridgehead atoms. The molecule has 0 spiro atoms. The zero-order valence-corrected chi connectivity index (χ0v) is 24.2. The molecule has 2 heterocycles. The highest BCUT2D eigenvalue weighted by Crippen LogP contribution is 2.37. The highest BCUT2D eigenvalue weighted by atomic mass is 79.9. The average Bonchev–Trinajstić information content (AvgIpc) is 3.14. The number of methoxy groups -OCH3 is 1. The number of rotatable bonds is 7. The molecule has 0 amide bonds. The van der Waals surface area contributed by atoms with Crippen LogP contribution in [-0.2, 0) is 9.53 Å². The van der Waals surface area contributed by atoms with Crippen LogP contribution in [0.4, 0.5) is 0 Å². The Labute approximate surface area is 231 Å². The monoisotopic (exact) mass is 604 g/mol. The van der Waals surface area contributed by atoms with Crippen molar-refractivity contribution in [1.29, 1.82) is 0 Å². The first kappa shape index (κ1) is 27.2. The second-order valence-electron chi connectivity index (χ2n) is 8.54. The van der Waals surface area contributed by atoms with Gasteiger partial charge in [-0.25, -0.2) is 9.79 Å². The van der Waals surface area contributed by atoms with Gasteiger partial charge in [-0.15, -0.1) is 0 Å². The number of ether oxygens (including phenoxy) is 3. The van der Waals surface area contributed by atoms with Gasteiger partial charge in [-0.1, -0.05) is 38.9 Å².